The minimum Gasteiger partial charge on any atom is -0.480 e. The highest BCUT2D eigenvalue weighted by Gasteiger charge is 2.39. The predicted molar refractivity (Wildman–Crippen MR) is 146 cm³/mol. The van der Waals surface area contributed by atoms with Crippen molar-refractivity contribution in [2.24, 2.45) is 0 Å². The Morgan fingerprint density at radius 3 is 1.54 bits per heavy atom. The average Bonchev–Trinajstić information content (AvgIpc) is 2.89. The molecule has 5 heteroatoms. The summed E-state index contributed by atoms with van der Waals surface area (Å²) < 4.78 is 1.07. The number of hydrogen-bond acceptors (Lipinski definition) is 2. The third-order valence-corrected chi connectivity index (χ3v) is 6.93. The minimum absolute atomic E-state index is 0.0709. The Morgan fingerprint density at radius 2 is 1.14 bits per heavy atom. The van der Waals surface area contributed by atoms with E-state index in [0.29, 0.717) is 0 Å². The van der Waals surface area contributed by atoms with Crippen molar-refractivity contribution in [1.29, 1.82) is 0 Å². The summed E-state index contributed by atoms with van der Waals surface area (Å²) in [6.07, 6.45) is 0.286. The normalized spacial score (nSPS) is 12.0. The number of carbonyl (C=O) groups is 2. The zero-order valence-corrected chi connectivity index (χ0v) is 21.3. The fourth-order valence-corrected chi connectivity index (χ4v) is 4.88. The summed E-state index contributed by atoms with van der Waals surface area (Å²) >= 11 is 2.21. The molecule has 2 N–H and O–H groups in total. The lowest BCUT2D eigenvalue weighted by molar-refractivity contribution is -0.141. The maximum absolute atomic E-state index is 13.6. The molecule has 4 nitrogen and oxygen atoms in total. The predicted octanol–water partition coefficient (Wildman–Crippen LogP) is 5.83. The van der Waals surface area contributed by atoms with Crippen molar-refractivity contribution in [2.45, 2.75) is 24.3 Å². The van der Waals surface area contributed by atoms with Crippen LogP contribution in [-0.4, -0.2) is 23.0 Å². The Bertz CT molecular complexity index is 1160. The van der Waals surface area contributed by atoms with Crippen LogP contribution >= 0.6 is 22.6 Å². The van der Waals surface area contributed by atoms with Gasteiger partial charge in [-0.15, -0.1) is 0 Å². The summed E-state index contributed by atoms with van der Waals surface area (Å²) in [4.78, 5) is 25.6. The quantitative estimate of drug-likeness (QED) is 0.195. The summed E-state index contributed by atoms with van der Waals surface area (Å²) in [6.45, 7) is 0. The molecule has 0 fully saturated rings. The van der Waals surface area contributed by atoms with E-state index in [2.05, 4.69) is 27.9 Å². The van der Waals surface area contributed by atoms with Gasteiger partial charge < -0.3 is 10.4 Å². The van der Waals surface area contributed by atoms with Crippen molar-refractivity contribution in [1.82, 2.24) is 5.32 Å². The molecule has 0 aromatic heterocycles. The van der Waals surface area contributed by atoms with E-state index >= 15 is 0 Å². The first-order valence-electron chi connectivity index (χ1n) is 11.4. The van der Waals surface area contributed by atoms with E-state index in [0.717, 1.165) is 25.8 Å². The highest BCUT2D eigenvalue weighted by Crippen LogP contribution is 2.42. The maximum Gasteiger partial charge on any atom is 0.326 e. The number of amides is 1. The molecule has 0 aliphatic carbocycles. The standard InChI is InChI=1S/C30H26INO3/c31-26-18-16-22(17-19-26)20-27(29(34)35)32-28(33)21-30(23-10-4-1-5-11-23,24-12-6-2-7-13-24)25-14-8-3-9-15-25/h1-19,27H,20-21H2,(H,32,33)(H,34,35)/t27-/m1/s1. The average molecular weight is 575 g/mol. The second kappa shape index (κ2) is 11.3. The van der Waals surface area contributed by atoms with E-state index in [9.17, 15) is 14.7 Å². The molecular weight excluding hydrogens is 549 g/mol. The second-order valence-corrected chi connectivity index (χ2v) is 9.71. The Balaban J connectivity index is 1.72. The summed E-state index contributed by atoms with van der Waals surface area (Å²) in [5, 5.41) is 12.7. The molecular formula is C30H26INO3. The minimum atomic E-state index is -1.05. The maximum atomic E-state index is 13.6. The molecule has 176 valence electrons. The first-order chi connectivity index (χ1) is 17.0. The summed E-state index contributed by atoms with van der Waals surface area (Å²) in [7, 11) is 0. The molecule has 0 saturated heterocycles. The number of aliphatic carboxylic acids is 1. The van der Waals surface area contributed by atoms with E-state index < -0.39 is 17.4 Å². The molecule has 0 radical (unpaired) electrons. The van der Waals surface area contributed by atoms with Crippen LogP contribution in [-0.2, 0) is 21.4 Å². The number of carboxylic acid groups (broad SMARTS) is 1. The molecule has 35 heavy (non-hydrogen) atoms. The summed E-state index contributed by atoms with van der Waals surface area (Å²) in [6, 6.07) is 36.4. The number of carbonyl (C=O) groups excluding carboxylic acids is 1. The van der Waals surface area contributed by atoms with E-state index in [1.54, 1.807) is 0 Å². The zero-order valence-electron chi connectivity index (χ0n) is 19.1. The first-order valence-corrected chi connectivity index (χ1v) is 12.5. The fraction of sp³-hybridized carbons (Fsp3) is 0.133. The number of carboxylic acids is 1. The Morgan fingerprint density at radius 1 is 0.714 bits per heavy atom. The second-order valence-electron chi connectivity index (χ2n) is 8.47. The van der Waals surface area contributed by atoms with Gasteiger partial charge in [-0.25, -0.2) is 4.79 Å². The van der Waals surface area contributed by atoms with Crippen molar-refractivity contribution in [3.8, 4) is 0 Å². The van der Waals surface area contributed by atoms with Gasteiger partial charge in [0.05, 0.1) is 5.41 Å². The van der Waals surface area contributed by atoms with Crippen LogP contribution in [0.5, 0.6) is 0 Å². The SMILES string of the molecule is O=C(CC(c1ccccc1)(c1ccccc1)c1ccccc1)N[C@H](Cc1ccc(I)cc1)C(=O)O. The Kier molecular flexibility index (Phi) is 7.98. The van der Waals surface area contributed by atoms with Crippen LogP contribution in [0.2, 0.25) is 0 Å². The molecule has 0 heterocycles. The van der Waals surface area contributed by atoms with E-state index in [1.807, 2.05) is 115 Å². The highest BCUT2D eigenvalue weighted by atomic mass is 127. The summed E-state index contributed by atoms with van der Waals surface area (Å²) in [5.74, 6) is -1.37. The number of rotatable bonds is 9. The van der Waals surface area contributed by atoms with Gasteiger partial charge in [-0.2, -0.15) is 0 Å². The number of halogens is 1. The topological polar surface area (TPSA) is 66.4 Å². The molecule has 4 aromatic rings. The Labute approximate surface area is 219 Å². The molecule has 0 bridgehead atoms. The van der Waals surface area contributed by atoms with Gasteiger partial charge in [0, 0.05) is 16.4 Å². The smallest absolute Gasteiger partial charge is 0.326 e. The van der Waals surface area contributed by atoms with Crippen molar-refractivity contribution >= 4 is 34.5 Å². The van der Waals surface area contributed by atoms with Gasteiger partial charge in [-0.05, 0) is 57.0 Å². The van der Waals surface area contributed by atoms with Gasteiger partial charge in [0.25, 0.3) is 0 Å². The lowest BCUT2D eigenvalue weighted by atomic mass is 9.67. The van der Waals surface area contributed by atoms with Crippen molar-refractivity contribution in [3.05, 3.63) is 141 Å². The van der Waals surface area contributed by atoms with Crippen LogP contribution in [0.4, 0.5) is 0 Å². The van der Waals surface area contributed by atoms with Crippen LogP contribution in [0.1, 0.15) is 28.7 Å². The van der Waals surface area contributed by atoms with Crippen molar-refractivity contribution < 1.29 is 14.7 Å². The number of nitrogens with one attached hydrogen (secondary N) is 1. The first kappa shape index (κ1) is 24.7. The van der Waals surface area contributed by atoms with Crippen LogP contribution in [0.25, 0.3) is 0 Å². The monoisotopic (exact) mass is 575 g/mol. The molecule has 1 atom stereocenters. The fourth-order valence-electron chi connectivity index (χ4n) is 4.52. The lowest BCUT2D eigenvalue weighted by Gasteiger charge is -2.36. The zero-order chi connectivity index (χ0) is 24.7. The molecule has 0 aliphatic heterocycles. The van der Waals surface area contributed by atoms with Crippen LogP contribution in [0.3, 0.4) is 0 Å². The van der Waals surface area contributed by atoms with Gasteiger partial charge in [-0.1, -0.05) is 103 Å². The van der Waals surface area contributed by atoms with Gasteiger partial charge in [-0.3, -0.25) is 4.79 Å². The summed E-state index contributed by atoms with van der Waals surface area (Å²) in [5.41, 5.74) is 2.99. The molecule has 4 rings (SSSR count). The Hall–Kier alpha value is -3.45. The van der Waals surface area contributed by atoms with Crippen LogP contribution in [0.15, 0.2) is 115 Å². The molecule has 4 aromatic carbocycles. The van der Waals surface area contributed by atoms with Crippen molar-refractivity contribution in [2.75, 3.05) is 0 Å². The third-order valence-electron chi connectivity index (χ3n) is 6.21. The molecule has 0 saturated carbocycles. The largest absolute Gasteiger partial charge is 0.480 e. The van der Waals surface area contributed by atoms with E-state index in [-0.39, 0.29) is 18.7 Å². The van der Waals surface area contributed by atoms with E-state index in [1.165, 1.54) is 0 Å². The van der Waals surface area contributed by atoms with Gasteiger partial charge in [0.2, 0.25) is 5.91 Å². The molecule has 0 aliphatic rings. The van der Waals surface area contributed by atoms with Crippen LogP contribution < -0.4 is 5.32 Å². The van der Waals surface area contributed by atoms with Gasteiger partial charge in [0.15, 0.2) is 0 Å². The van der Waals surface area contributed by atoms with E-state index in [4.69, 9.17) is 0 Å². The lowest BCUT2D eigenvalue weighted by Crippen LogP contribution is -2.45. The van der Waals surface area contributed by atoms with Gasteiger partial charge in [0.1, 0.15) is 6.04 Å². The third kappa shape index (κ3) is 5.80. The van der Waals surface area contributed by atoms with Gasteiger partial charge >= 0.3 is 5.97 Å². The number of hydrogen-bond donors (Lipinski definition) is 2. The van der Waals surface area contributed by atoms with Crippen LogP contribution in [0, 0.1) is 3.57 Å². The molecule has 0 unspecified atom stereocenters. The molecule has 1 amide bonds. The number of benzene rings is 4. The van der Waals surface area contributed by atoms with Crippen molar-refractivity contribution in [3.63, 3.8) is 0 Å². The molecule has 0 spiro atoms. The highest BCUT2D eigenvalue weighted by molar-refractivity contribution is 14.1.